The highest BCUT2D eigenvalue weighted by atomic mass is 19.4. The minimum absolute atomic E-state index is 0.0184. The lowest BCUT2D eigenvalue weighted by molar-refractivity contribution is -0.155. The van der Waals surface area contributed by atoms with Crippen molar-refractivity contribution in [1.29, 1.82) is 0 Å². The third kappa shape index (κ3) is 5.82. The van der Waals surface area contributed by atoms with Gasteiger partial charge in [-0.05, 0) is 45.9 Å². The molecule has 1 atom stereocenters. The summed E-state index contributed by atoms with van der Waals surface area (Å²) in [5, 5.41) is 0. The molecule has 1 unspecified atom stereocenters. The number of benzene rings is 1. The zero-order valence-electron chi connectivity index (χ0n) is 13.3. The molecule has 130 valence electrons. The molecule has 0 aliphatic heterocycles. The van der Waals surface area contributed by atoms with Gasteiger partial charge in [-0.15, -0.1) is 0 Å². The molecule has 0 heterocycles. The summed E-state index contributed by atoms with van der Waals surface area (Å²) in [5.41, 5.74) is 3.27. The zero-order chi connectivity index (χ0) is 17.8. The van der Waals surface area contributed by atoms with Gasteiger partial charge in [0, 0.05) is 17.9 Å². The molecule has 0 spiro atoms. The SMILES string of the molecule is CC(C)(C)OC(=O)CCC(CN)c1c(F)cccc1C(F)(F)F. The fraction of sp³-hybridized carbons (Fsp3) is 0.562. The van der Waals surface area contributed by atoms with Crippen LogP contribution in [0.3, 0.4) is 0 Å². The highest BCUT2D eigenvalue weighted by molar-refractivity contribution is 5.70. The Balaban J connectivity index is 2.97. The monoisotopic (exact) mass is 335 g/mol. The summed E-state index contributed by atoms with van der Waals surface area (Å²) in [4.78, 5) is 11.7. The molecule has 3 nitrogen and oxygen atoms in total. The van der Waals surface area contributed by atoms with Crippen molar-refractivity contribution in [2.24, 2.45) is 5.73 Å². The molecule has 0 saturated carbocycles. The van der Waals surface area contributed by atoms with E-state index < -0.39 is 40.6 Å². The van der Waals surface area contributed by atoms with E-state index in [0.717, 1.165) is 18.2 Å². The number of hydrogen-bond acceptors (Lipinski definition) is 3. The second-order valence-electron chi connectivity index (χ2n) is 6.26. The van der Waals surface area contributed by atoms with Crippen LogP contribution < -0.4 is 5.73 Å². The second-order valence-corrected chi connectivity index (χ2v) is 6.26. The van der Waals surface area contributed by atoms with Gasteiger partial charge in [-0.2, -0.15) is 13.2 Å². The van der Waals surface area contributed by atoms with Gasteiger partial charge >= 0.3 is 12.1 Å². The van der Waals surface area contributed by atoms with Crippen molar-refractivity contribution in [2.75, 3.05) is 6.54 Å². The lowest BCUT2D eigenvalue weighted by Crippen LogP contribution is -2.25. The molecule has 0 bridgehead atoms. The van der Waals surface area contributed by atoms with Crippen LogP contribution in [0.1, 0.15) is 50.7 Å². The highest BCUT2D eigenvalue weighted by Crippen LogP contribution is 2.37. The maximum absolute atomic E-state index is 13.9. The predicted molar refractivity (Wildman–Crippen MR) is 78.3 cm³/mol. The molecular weight excluding hydrogens is 314 g/mol. The predicted octanol–water partition coefficient (Wildman–Crippen LogP) is 4.01. The summed E-state index contributed by atoms with van der Waals surface area (Å²) in [6, 6.07) is 2.78. The molecule has 0 aromatic heterocycles. The van der Waals surface area contributed by atoms with Crippen molar-refractivity contribution < 1.29 is 27.1 Å². The average molecular weight is 335 g/mol. The lowest BCUT2D eigenvalue weighted by Gasteiger charge is -2.23. The topological polar surface area (TPSA) is 52.3 Å². The van der Waals surface area contributed by atoms with E-state index in [-0.39, 0.29) is 19.4 Å². The Morgan fingerprint density at radius 1 is 1.26 bits per heavy atom. The minimum Gasteiger partial charge on any atom is -0.460 e. The number of halogens is 4. The van der Waals surface area contributed by atoms with Crippen LogP contribution in [0.4, 0.5) is 17.6 Å². The number of rotatable bonds is 5. The van der Waals surface area contributed by atoms with Crippen molar-refractivity contribution in [2.45, 2.75) is 51.3 Å². The molecule has 0 saturated heterocycles. The van der Waals surface area contributed by atoms with Crippen molar-refractivity contribution in [1.82, 2.24) is 0 Å². The van der Waals surface area contributed by atoms with E-state index in [2.05, 4.69) is 0 Å². The summed E-state index contributed by atoms with van der Waals surface area (Å²) >= 11 is 0. The first-order valence-corrected chi connectivity index (χ1v) is 7.23. The van der Waals surface area contributed by atoms with Gasteiger partial charge < -0.3 is 10.5 Å². The molecule has 1 aromatic carbocycles. The Bertz CT molecular complexity index is 550. The Hall–Kier alpha value is -1.63. The molecule has 2 N–H and O–H groups in total. The largest absolute Gasteiger partial charge is 0.460 e. The van der Waals surface area contributed by atoms with Gasteiger partial charge in [0.25, 0.3) is 0 Å². The van der Waals surface area contributed by atoms with Crippen LogP contribution in [0.5, 0.6) is 0 Å². The molecule has 0 amide bonds. The van der Waals surface area contributed by atoms with Crippen LogP contribution in [0, 0.1) is 5.82 Å². The molecule has 1 aromatic rings. The van der Waals surface area contributed by atoms with E-state index in [4.69, 9.17) is 10.5 Å². The first kappa shape index (κ1) is 19.4. The molecule has 1 rings (SSSR count). The number of ether oxygens (including phenoxy) is 1. The normalized spacial score (nSPS) is 13.7. The van der Waals surface area contributed by atoms with E-state index in [1.807, 2.05) is 0 Å². The zero-order valence-corrected chi connectivity index (χ0v) is 13.3. The van der Waals surface area contributed by atoms with E-state index >= 15 is 0 Å². The van der Waals surface area contributed by atoms with Gasteiger partial charge in [-0.25, -0.2) is 4.39 Å². The summed E-state index contributed by atoms with van der Waals surface area (Å²) < 4.78 is 58.2. The molecule has 0 fully saturated rings. The van der Waals surface area contributed by atoms with E-state index in [9.17, 15) is 22.4 Å². The van der Waals surface area contributed by atoms with Crippen molar-refractivity contribution >= 4 is 5.97 Å². The number of carbonyl (C=O) groups is 1. The number of esters is 1. The quantitative estimate of drug-likeness (QED) is 0.653. The van der Waals surface area contributed by atoms with Gasteiger partial charge in [-0.3, -0.25) is 4.79 Å². The number of nitrogens with two attached hydrogens (primary N) is 1. The first-order valence-electron chi connectivity index (χ1n) is 7.23. The maximum atomic E-state index is 13.9. The summed E-state index contributed by atoms with van der Waals surface area (Å²) in [6.45, 7) is 4.85. The first-order chi connectivity index (χ1) is 10.5. The van der Waals surface area contributed by atoms with Crippen LogP contribution in [-0.4, -0.2) is 18.1 Å². The van der Waals surface area contributed by atoms with Crippen LogP contribution >= 0.6 is 0 Å². The summed E-state index contributed by atoms with van der Waals surface area (Å²) in [6.07, 6.45) is -4.84. The number of alkyl halides is 3. The van der Waals surface area contributed by atoms with Gasteiger partial charge in [-0.1, -0.05) is 6.07 Å². The van der Waals surface area contributed by atoms with Gasteiger partial charge in [0.05, 0.1) is 5.56 Å². The van der Waals surface area contributed by atoms with Crippen LogP contribution in [0.15, 0.2) is 18.2 Å². The van der Waals surface area contributed by atoms with Gasteiger partial charge in [0.15, 0.2) is 0 Å². The third-order valence-corrected chi connectivity index (χ3v) is 3.17. The summed E-state index contributed by atoms with van der Waals surface area (Å²) in [5.74, 6) is -2.44. The molecular formula is C16H21F4NO2. The molecule has 0 aliphatic carbocycles. The number of carbonyl (C=O) groups excluding carboxylic acids is 1. The minimum atomic E-state index is -4.68. The van der Waals surface area contributed by atoms with Crippen molar-refractivity contribution in [3.05, 3.63) is 35.1 Å². The van der Waals surface area contributed by atoms with E-state index in [1.54, 1.807) is 20.8 Å². The average Bonchev–Trinajstić information content (AvgIpc) is 2.37. The number of hydrogen-bond donors (Lipinski definition) is 1. The van der Waals surface area contributed by atoms with E-state index in [0.29, 0.717) is 0 Å². The molecule has 7 heteroatoms. The molecule has 23 heavy (non-hydrogen) atoms. The third-order valence-electron chi connectivity index (χ3n) is 3.17. The standard InChI is InChI=1S/C16H21F4NO2/c1-15(2,3)23-13(22)8-7-10(9-21)14-11(16(18,19)20)5-4-6-12(14)17/h4-6,10H,7-9,21H2,1-3H3. The van der Waals surface area contributed by atoms with Crippen LogP contribution in [0.2, 0.25) is 0 Å². The van der Waals surface area contributed by atoms with E-state index in [1.165, 1.54) is 0 Å². The Morgan fingerprint density at radius 3 is 2.35 bits per heavy atom. The van der Waals surface area contributed by atoms with Gasteiger partial charge in [0.2, 0.25) is 0 Å². The Kier molecular flexibility index (Phi) is 6.16. The smallest absolute Gasteiger partial charge is 0.416 e. The van der Waals surface area contributed by atoms with Crippen molar-refractivity contribution in [3.8, 4) is 0 Å². The Labute approximate surface area is 132 Å². The van der Waals surface area contributed by atoms with Crippen molar-refractivity contribution in [3.63, 3.8) is 0 Å². The highest BCUT2D eigenvalue weighted by Gasteiger charge is 2.36. The second kappa shape index (κ2) is 7.29. The fourth-order valence-electron chi connectivity index (χ4n) is 2.26. The molecule has 0 radical (unpaired) electrons. The maximum Gasteiger partial charge on any atom is 0.416 e. The Morgan fingerprint density at radius 2 is 1.87 bits per heavy atom. The lowest BCUT2D eigenvalue weighted by atomic mass is 9.89. The van der Waals surface area contributed by atoms with Gasteiger partial charge in [0.1, 0.15) is 11.4 Å². The fourth-order valence-corrected chi connectivity index (χ4v) is 2.26. The summed E-state index contributed by atoms with van der Waals surface area (Å²) in [7, 11) is 0. The van der Waals surface area contributed by atoms with Crippen LogP contribution in [0.25, 0.3) is 0 Å². The molecule has 0 aliphatic rings. The van der Waals surface area contributed by atoms with Crippen LogP contribution in [-0.2, 0) is 15.7 Å².